The zero-order valence-corrected chi connectivity index (χ0v) is 13.6. The number of piperidine rings is 1. The van der Waals surface area contributed by atoms with Crippen LogP contribution in [0.1, 0.15) is 24.8 Å². The topological polar surface area (TPSA) is 62.7 Å². The van der Waals surface area contributed by atoms with E-state index in [9.17, 15) is 9.90 Å². The Labute approximate surface area is 133 Å². The Balaban J connectivity index is 1.78. The first-order valence-corrected chi connectivity index (χ1v) is 8.29. The Morgan fingerprint density at radius 2 is 2.32 bits per heavy atom. The van der Waals surface area contributed by atoms with Gasteiger partial charge in [-0.3, -0.25) is 9.69 Å². The van der Waals surface area contributed by atoms with Crippen molar-refractivity contribution < 1.29 is 14.6 Å². The number of ether oxygens (including phenoxy) is 1. The van der Waals surface area contributed by atoms with E-state index in [4.69, 9.17) is 4.74 Å². The van der Waals surface area contributed by atoms with Gasteiger partial charge in [0.25, 0.3) is 0 Å². The monoisotopic (exact) mass is 320 g/mol. The fourth-order valence-electron chi connectivity index (χ4n) is 2.92. The molecule has 1 fully saturated rings. The van der Waals surface area contributed by atoms with Crippen molar-refractivity contribution in [1.82, 2.24) is 9.88 Å². The number of nitrogens with zero attached hydrogens (tertiary/aromatic N) is 2. The number of aliphatic carboxylic acids is 1. The lowest BCUT2D eigenvalue weighted by Gasteiger charge is -2.35. The highest BCUT2D eigenvalue weighted by atomic mass is 32.1. The summed E-state index contributed by atoms with van der Waals surface area (Å²) >= 11 is 1.65. The zero-order chi connectivity index (χ0) is 15.7. The molecule has 118 valence electrons. The third kappa shape index (κ3) is 3.08. The van der Waals surface area contributed by atoms with Crippen molar-refractivity contribution in [1.29, 1.82) is 0 Å². The highest BCUT2D eigenvalue weighted by molar-refractivity contribution is 7.18. The summed E-state index contributed by atoms with van der Waals surface area (Å²) in [5.41, 5.74) is 0.972. The minimum atomic E-state index is -0.689. The van der Waals surface area contributed by atoms with Gasteiger partial charge in [-0.2, -0.15) is 0 Å². The van der Waals surface area contributed by atoms with Gasteiger partial charge in [0.1, 0.15) is 10.8 Å². The van der Waals surface area contributed by atoms with Crippen molar-refractivity contribution in [3.8, 4) is 5.75 Å². The molecule has 1 aliphatic rings. The molecule has 0 spiro atoms. The van der Waals surface area contributed by atoms with Gasteiger partial charge < -0.3 is 9.84 Å². The summed E-state index contributed by atoms with van der Waals surface area (Å²) in [4.78, 5) is 18.1. The fourth-order valence-corrected chi connectivity index (χ4v) is 3.94. The molecule has 1 N–H and O–H groups in total. The highest BCUT2D eigenvalue weighted by Crippen LogP contribution is 2.29. The van der Waals surface area contributed by atoms with Crippen molar-refractivity contribution >= 4 is 27.5 Å². The second kappa shape index (κ2) is 6.22. The quantitative estimate of drug-likeness (QED) is 0.938. The molecular formula is C16H20N2O3S. The van der Waals surface area contributed by atoms with Crippen LogP contribution >= 0.6 is 11.3 Å². The van der Waals surface area contributed by atoms with E-state index in [0.717, 1.165) is 33.8 Å². The van der Waals surface area contributed by atoms with Crippen LogP contribution in [0.15, 0.2) is 18.2 Å². The number of aromatic nitrogens is 1. The van der Waals surface area contributed by atoms with Crippen LogP contribution in [0.5, 0.6) is 5.75 Å². The predicted octanol–water partition coefficient (Wildman–Crippen LogP) is 2.99. The summed E-state index contributed by atoms with van der Waals surface area (Å²) < 4.78 is 6.35. The minimum Gasteiger partial charge on any atom is -0.497 e. The van der Waals surface area contributed by atoms with E-state index in [1.54, 1.807) is 18.4 Å². The van der Waals surface area contributed by atoms with Crippen molar-refractivity contribution in [2.45, 2.75) is 32.4 Å². The van der Waals surface area contributed by atoms with Crippen LogP contribution in [0.4, 0.5) is 0 Å². The number of carboxylic acids is 1. The lowest BCUT2D eigenvalue weighted by atomic mass is 9.93. The number of thiazole rings is 1. The molecule has 0 aliphatic carbocycles. The molecule has 1 aliphatic heterocycles. The van der Waals surface area contributed by atoms with Crippen molar-refractivity contribution in [3.63, 3.8) is 0 Å². The van der Waals surface area contributed by atoms with Crippen LogP contribution in [-0.4, -0.2) is 40.7 Å². The van der Waals surface area contributed by atoms with Crippen LogP contribution < -0.4 is 4.74 Å². The molecule has 0 radical (unpaired) electrons. The summed E-state index contributed by atoms with van der Waals surface area (Å²) in [6, 6.07) is 6.27. The first-order chi connectivity index (χ1) is 10.6. The average molecular weight is 320 g/mol. The van der Waals surface area contributed by atoms with E-state index in [-0.39, 0.29) is 5.92 Å². The van der Waals surface area contributed by atoms with Gasteiger partial charge in [0.05, 0.1) is 29.8 Å². The number of fused-ring (bicyclic) bond motifs is 1. The molecule has 5 nitrogen and oxygen atoms in total. The largest absolute Gasteiger partial charge is 0.497 e. The predicted molar refractivity (Wildman–Crippen MR) is 86.4 cm³/mol. The van der Waals surface area contributed by atoms with Gasteiger partial charge in [-0.1, -0.05) is 0 Å². The molecule has 22 heavy (non-hydrogen) atoms. The van der Waals surface area contributed by atoms with Gasteiger partial charge in [-0.25, -0.2) is 4.98 Å². The van der Waals surface area contributed by atoms with Gasteiger partial charge in [0.15, 0.2) is 0 Å². The molecule has 1 saturated heterocycles. The molecule has 3 rings (SSSR count). The first kappa shape index (κ1) is 15.2. The van der Waals surface area contributed by atoms with Crippen LogP contribution in [0, 0.1) is 5.92 Å². The van der Waals surface area contributed by atoms with Crippen molar-refractivity contribution in [2.75, 3.05) is 13.7 Å². The van der Waals surface area contributed by atoms with Gasteiger partial charge in [0.2, 0.25) is 0 Å². The molecule has 0 bridgehead atoms. The maximum absolute atomic E-state index is 11.2. The molecule has 0 saturated carbocycles. The third-order valence-corrected chi connectivity index (χ3v) is 5.34. The number of likely N-dealkylation sites (tertiary alicyclic amines) is 1. The van der Waals surface area contributed by atoms with Gasteiger partial charge in [-0.15, -0.1) is 11.3 Å². The molecule has 1 aromatic carbocycles. The maximum atomic E-state index is 11.2. The number of carboxylic acid groups (broad SMARTS) is 1. The summed E-state index contributed by atoms with van der Waals surface area (Å²) in [6.45, 7) is 3.48. The molecule has 6 heteroatoms. The van der Waals surface area contributed by atoms with Crippen molar-refractivity contribution in [3.05, 3.63) is 23.2 Å². The van der Waals surface area contributed by atoms with E-state index in [2.05, 4.69) is 16.8 Å². The number of rotatable bonds is 4. The van der Waals surface area contributed by atoms with Crippen LogP contribution in [0.25, 0.3) is 10.2 Å². The van der Waals surface area contributed by atoms with Crippen LogP contribution in [-0.2, 0) is 11.3 Å². The molecular weight excluding hydrogens is 300 g/mol. The molecule has 2 unspecified atom stereocenters. The maximum Gasteiger partial charge on any atom is 0.307 e. The number of carbonyl (C=O) groups is 1. The van der Waals surface area contributed by atoms with Gasteiger partial charge >= 0.3 is 5.97 Å². The normalized spacial score (nSPS) is 22.8. The lowest BCUT2D eigenvalue weighted by Crippen LogP contribution is -2.43. The Bertz CT molecular complexity index is 685. The van der Waals surface area contributed by atoms with E-state index in [1.165, 1.54) is 0 Å². The van der Waals surface area contributed by atoms with E-state index < -0.39 is 5.97 Å². The number of methoxy groups -OCH3 is 1. The minimum absolute atomic E-state index is 0.259. The summed E-state index contributed by atoms with van der Waals surface area (Å²) in [5.74, 6) is -0.114. The average Bonchev–Trinajstić information content (AvgIpc) is 2.90. The second-order valence-electron chi connectivity index (χ2n) is 5.83. The number of benzene rings is 1. The summed E-state index contributed by atoms with van der Waals surface area (Å²) in [5, 5.41) is 10.3. The summed E-state index contributed by atoms with van der Waals surface area (Å²) in [6.07, 6.45) is 1.69. The highest BCUT2D eigenvalue weighted by Gasteiger charge is 2.30. The Morgan fingerprint density at radius 1 is 1.50 bits per heavy atom. The number of hydrogen-bond acceptors (Lipinski definition) is 5. The second-order valence-corrected chi connectivity index (χ2v) is 6.95. The molecule has 2 atom stereocenters. The summed E-state index contributed by atoms with van der Waals surface area (Å²) in [7, 11) is 1.66. The van der Waals surface area contributed by atoms with E-state index >= 15 is 0 Å². The number of hydrogen-bond donors (Lipinski definition) is 1. The Morgan fingerprint density at radius 3 is 3.05 bits per heavy atom. The van der Waals surface area contributed by atoms with Gasteiger partial charge in [0, 0.05) is 12.6 Å². The van der Waals surface area contributed by atoms with E-state index in [1.807, 2.05) is 18.2 Å². The Hall–Kier alpha value is -1.66. The molecule has 2 heterocycles. The van der Waals surface area contributed by atoms with Gasteiger partial charge in [-0.05, 0) is 38.0 Å². The smallest absolute Gasteiger partial charge is 0.307 e. The molecule has 2 aromatic rings. The third-order valence-electron chi connectivity index (χ3n) is 4.34. The molecule has 1 aromatic heterocycles. The van der Waals surface area contributed by atoms with E-state index in [0.29, 0.717) is 19.1 Å². The fraction of sp³-hybridized carbons (Fsp3) is 0.500. The van der Waals surface area contributed by atoms with Crippen LogP contribution in [0.3, 0.4) is 0 Å². The molecule has 0 amide bonds. The zero-order valence-electron chi connectivity index (χ0n) is 12.8. The SMILES string of the molecule is COc1ccc2nc(CN3CC(C(=O)O)CCC3C)sc2c1. The standard InChI is InChI=1S/C16H20N2O3S/c1-10-3-4-11(16(19)20)8-18(10)9-15-17-13-6-5-12(21-2)7-14(13)22-15/h5-7,10-11H,3-4,8-9H2,1-2H3,(H,19,20). The van der Waals surface area contributed by atoms with Crippen LogP contribution in [0.2, 0.25) is 0 Å². The lowest BCUT2D eigenvalue weighted by molar-refractivity contribution is -0.144. The first-order valence-electron chi connectivity index (χ1n) is 7.47. The Kier molecular flexibility index (Phi) is 4.31. The van der Waals surface area contributed by atoms with Crippen molar-refractivity contribution in [2.24, 2.45) is 5.92 Å².